The molecule has 0 aromatic carbocycles. The van der Waals surface area contributed by atoms with Crippen LogP contribution in [-0.2, 0) is 0 Å². The molecule has 114 valence electrons. The first-order valence-electron chi connectivity index (χ1n) is 7.31. The molecule has 2 N–H and O–H groups in total. The van der Waals surface area contributed by atoms with Gasteiger partial charge in [0.1, 0.15) is 0 Å². The summed E-state index contributed by atoms with van der Waals surface area (Å²) in [6.45, 7) is 0. The second-order valence-electron chi connectivity index (χ2n) is 5.34. The van der Waals surface area contributed by atoms with Gasteiger partial charge in [-0.1, -0.05) is 0 Å². The van der Waals surface area contributed by atoms with Gasteiger partial charge in [0.2, 0.25) is 0 Å². The molecule has 2 aliphatic heterocycles. The Morgan fingerprint density at radius 1 is 0.708 bits per heavy atom. The highest BCUT2D eigenvalue weighted by Gasteiger charge is 2.03. The quantitative estimate of drug-likeness (QED) is 0.456. The van der Waals surface area contributed by atoms with Gasteiger partial charge in [-0.25, -0.2) is 15.0 Å². The largest absolute Gasteiger partial charge is 0.355 e. The molecule has 8 bridgehead atoms. The zero-order valence-corrected chi connectivity index (χ0v) is 12.3. The van der Waals surface area contributed by atoms with Crippen molar-refractivity contribution >= 4 is 46.8 Å². The van der Waals surface area contributed by atoms with Crippen LogP contribution >= 0.6 is 0 Å². The van der Waals surface area contributed by atoms with Crippen LogP contribution in [0.25, 0.3) is 34.6 Å². The van der Waals surface area contributed by atoms with Crippen molar-refractivity contribution in [3.05, 3.63) is 47.4 Å². The number of fused-ring (bicyclic) bond motifs is 8. The Kier molecular flexibility index (Phi) is 2.63. The van der Waals surface area contributed by atoms with Gasteiger partial charge in [-0.2, -0.15) is 4.98 Å². The van der Waals surface area contributed by atoms with Crippen molar-refractivity contribution in [2.75, 3.05) is 0 Å². The van der Waals surface area contributed by atoms with E-state index in [4.69, 9.17) is 0 Å². The molecule has 0 aliphatic carbocycles. The van der Waals surface area contributed by atoms with E-state index >= 15 is 0 Å². The van der Waals surface area contributed by atoms with E-state index in [1.807, 2.05) is 36.4 Å². The van der Waals surface area contributed by atoms with E-state index in [2.05, 4.69) is 40.1 Å². The Labute approximate surface area is 135 Å². The Bertz CT molecular complexity index is 991. The summed E-state index contributed by atoms with van der Waals surface area (Å²) in [6.07, 6.45) is 5.53. The summed E-state index contributed by atoms with van der Waals surface area (Å²) in [5.74, 6) is 0.689. The summed E-state index contributed by atoms with van der Waals surface area (Å²) in [4.78, 5) is 23.6. The van der Waals surface area contributed by atoms with E-state index in [0.29, 0.717) is 23.1 Å². The molecule has 24 heavy (non-hydrogen) atoms. The number of H-pyrrole nitrogens is 2. The lowest BCUT2D eigenvalue weighted by Crippen LogP contribution is -1.77. The third-order valence-electron chi connectivity index (χ3n) is 3.55. The highest BCUT2D eigenvalue weighted by atomic mass is 15.3. The lowest BCUT2D eigenvalue weighted by Gasteiger charge is -1.83. The predicted molar refractivity (Wildman–Crippen MR) is 90.6 cm³/mol. The molecule has 0 unspecified atom stereocenters. The average Bonchev–Trinajstić information content (AvgIpc) is 3.32. The minimum absolute atomic E-state index is 0.336. The van der Waals surface area contributed by atoms with Crippen molar-refractivity contribution in [1.29, 1.82) is 0 Å². The normalized spacial score (nSPS) is 12.7. The molecule has 2 aliphatic rings. The molecule has 3 aromatic heterocycles. The third kappa shape index (κ3) is 2.35. The van der Waals surface area contributed by atoms with Gasteiger partial charge in [0, 0.05) is 17.1 Å². The lowest BCUT2D eigenvalue weighted by atomic mass is 10.3. The average molecular weight is 314 g/mol. The van der Waals surface area contributed by atoms with Gasteiger partial charge in [-0.3, -0.25) is 0 Å². The molecule has 0 saturated carbocycles. The second kappa shape index (κ2) is 4.92. The second-order valence-corrected chi connectivity index (χ2v) is 5.34. The van der Waals surface area contributed by atoms with Crippen LogP contribution in [0.4, 0.5) is 5.95 Å². The molecule has 0 radical (unpaired) electrons. The van der Waals surface area contributed by atoms with Crippen LogP contribution < -0.4 is 0 Å². The van der Waals surface area contributed by atoms with Gasteiger partial charge >= 0.3 is 0 Å². The standard InChI is InChI=1S/C16H10N8/c1-2-11-6-13-8-17-15(20-13)22-16-21-14(23-24-16)7-12-4-3-10(19-12)5-9(1)18-11/h1-8,18H,(H,17,20,21,22,23,24). The van der Waals surface area contributed by atoms with Crippen molar-refractivity contribution in [2.24, 2.45) is 4.99 Å². The van der Waals surface area contributed by atoms with Gasteiger partial charge in [-0.05, 0) is 36.4 Å². The molecule has 8 heteroatoms. The van der Waals surface area contributed by atoms with E-state index < -0.39 is 0 Å². The fraction of sp³-hybridized carbons (Fsp3) is 0. The minimum Gasteiger partial charge on any atom is -0.355 e. The topological polar surface area (TPSA) is 108 Å². The van der Waals surface area contributed by atoms with Crippen LogP contribution in [0.3, 0.4) is 0 Å². The fourth-order valence-electron chi connectivity index (χ4n) is 2.51. The molecule has 0 spiro atoms. The molecule has 3 aromatic rings. The summed E-state index contributed by atoms with van der Waals surface area (Å²) < 4.78 is 0. The van der Waals surface area contributed by atoms with Crippen molar-refractivity contribution in [3.63, 3.8) is 0 Å². The Balaban J connectivity index is 1.85. The lowest BCUT2D eigenvalue weighted by molar-refractivity contribution is 1.10. The van der Waals surface area contributed by atoms with E-state index in [1.165, 1.54) is 0 Å². The number of hydrogen-bond donors (Lipinski definition) is 2. The van der Waals surface area contributed by atoms with E-state index in [9.17, 15) is 0 Å². The number of nitrogens with zero attached hydrogens (tertiary/aromatic N) is 6. The highest BCUT2D eigenvalue weighted by molar-refractivity contribution is 5.83. The van der Waals surface area contributed by atoms with Crippen LogP contribution in [0.5, 0.6) is 0 Å². The maximum atomic E-state index is 4.53. The number of hydrogen-bond acceptors (Lipinski definition) is 6. The van der Waals surface area contributed by atoms with Gasteiger partial charge in [0.05, 0.1) is 23.3 Å². The van der Waals surface area contributed by atoms with Gasteiger partial charge in [0.15, 0.2) is 5.65 Å². The van der Waals surface area contributed by atoms with Crippen LogP contribution in [0.1, 0.15) is 17.1 Å². The molecule has 0 atom stereocenters. The van der Waals surface area contributed by atoms with Gasteiger partial charge in [-0.15, -0.1) is 10.2 Å². The molecule has 5 rings (SSSR count). The SMILES string of the molecule is C1=Cc2cc3nnc(nc4nc(cc5ccc(cc1n2)[nH]5)C=N4)[nH]3. The maximum Gasteiger partial charge on any atom is 0.253 e. The summed E-state index contributed by atoms with van der Waals surface area (Å²) in [5.41, 5.74) is 4.84. The number of aromatic nitrogens is 7. The molecular weight excluding hydrogens is 304 g/mol. The zero-order valence-electron chi connectivity index (χ0n) is 12.3. The van der Waals surface area contributed by atoms with Gasteiger partial charge < -0.3 is 9.97 Å². The third-order valence-corrected chi connectivity index (χ3v) is 3.55. The Morgan fingerprint density at radius 2 is 1.50 bits per heavy atom. The van der Waals surface area contributed by atoms with Crippen LogP contribution in [0.15, 0.2) is 35.3 Å². The number of rotatable bonds is 0. The van der Waals surface area contributed by atoms with Crippen molar-refractivity contribution < 1.29 is 0 Å². The molecule has 5 heterocycles. The van der Waals surface area contributed by atoms with Crippen molar-refractivity contribution in [1.82, 2.24) is 35.1 Å². The van der Waals surface area contributed by atoms with Gasteiger partial charge in [0.25, 0.3) is 11.7 Å². The van der Waals surface area contributed by atoms with Crippen molar-refractivity contribution in [2.45, 2.75) is 0 Å². The van der Waals surface area contributed by atoms with Crippen LogP contribution in [0, 0.1) is 0 Å². The monoisotopic (exact) mass is 314 g/mol. The predicted octanol–water partition coefficient (Wildman–Crippen LogP) is 2.42. The number of nitrogens with one attached hydrogen (secondary N) is 2. The van der Waals surface area contributed by atoms with Crippen LogP contribution in [0.2, 0.25) is 0 Å². The number of aliphatic imine (C=N–C) groups is 1. The minimum atomic E-state index is 0.336. The zero-order chi connectivity index (χ0) is 15.9. The summed E-state index contributed by atoms with van der Waals surface area (Å²) in [6, 6.07) is 9.66. The molecule has 0 fully saturated rings. The fourth-order valence-corrected chi connectivity index (χ4v) is 2.51. The summed E-state index contributed by atoms with van der Waals surface area (Å²) >= 11 is 0. The molecular formula is C16H10N8. The van der Waals surface area contributed by atoms with E-state index in [-0.39, 0.29) is 0 Å². The smallest absolute Gasteiger partial charge is 0.253 e. The van der Waals surface area contributed by atoms with E-state index in [1.54, 1.807) is 12.3 Å². The molecule has 0 saturated heterocycles. The Morgan fingerprint density at radius 3 is 2.38 bits per heavy atom. The summed E-state index contributed by atoms with van der Waals surface area (Å²) in [7, 11) is 0. The first-order chi connectivity index (χ1) is 11.8. The Hall–Kier alpha value is -3.68. The van der Waals surface area contributed by atoms with E-state index in [0.717, 1.165) is 22.4 Å². The molecule has 0 amide bonds. The first-order valence-corrected chi connectivity index (χ1v) is 7.31. The van der Waals surface area contributed by atoms with Crippen LogP contribution in [-0.4, -0.2) is 41.3 Å². The summed E-state index contributed by atoms with van der Waals surface area (Å²) in [5, 5.41) is 8.02. The molecule has 8 nitrogen and oxygen atoms in total. The maximum absolute atomic E-state index is 4.53. The number of aromatic amines is 2. The van der Waals surface area contributed by atoms with Crippen molar-refractivity contribution in [3.8, 4) is 0 Å². The first kappa shape index (κ1) is 12.8. The highest BCUT2D eigenvalue weighted by Crippen LogP contribution is 2.14.